The summed E-state index contributed by atoms with van der Waals surface area (Å²) in [6.07, 6.45) is 5.49. The smallest absolute Gasteiger partial charge is 0.307 e. The molecule has 1 amide bonds. The Morgan fingerprint density at radius 1 is 1.38 bits per heavy atom. The van der Waals surface area contributed by atoms with Crippen LogP contribution >= 0.6 is 0 Å². The molecular formula is C16H20N2O3. The normalized spacial score (nSPS) is 26.2. The Labute approximate surface area is 124 Å². The van der Waals surface area contributed by atoms with E-state index in [1.165, 1.54) is 0 Å². The monoisotopic (exact) mass is 288 g/mol. The highest BCUT2D eigenvalue weighted by Gasteiger charge is 2.67. The molecule has 1 heterocycles. The third-order valence-corrected chi connectivity index (χ3v) is 4.71. The summed E-state index contributed by atoms with van der Waals surface area (Å²) in [4.78, 5) is 30.0. The molecule has 1 N–H and O–H groups in total. The van der Waals surface area contributed by atoms with E-state index in [0.29, 0.717) is 6.54 Å². The van der Waals surface area contributed by atoms with Crippen LogP contribution in [0.2, 0.25) is 0 Å². The minimum absolute atomic E-state index is 0.0150. The van der Waals surface area contributed by atoms with E-state index in [4.69, 9.17) is 0 Å². The highest BCUT2D eigenvalue weighted by Crippen LogP contribution is 2.59. The first-order valence-electron chi connectivity index (χ1n) is 7.35. The third kappa shape index (κ3) is 2.52. The van der Waals surface area contributed by atoms with Crippen molar-refractivity contribution < 1.29 is 14.7 Å². The number of rotatable bonds is 5. The molecule has 0 bridgehead atoms. The third-order valence-electron chi connectivity index (χ3n) is 4.71. The van der Waals surface area contributed by atoms with Gasteiger partial charge in [0.05, 0.1) is 11.8 Å². The van der Waals surface area contributed by atoms with Crippen molar-refractivity contribution in [3.8, 4) is 0 Å². The molecule has 0 unspecified atom stereocenters. The molecule has 0 aliphatic heterocycles. The van der Waals surface area contributed by atoms with Gasteiger partial charge in [0.1, 0.15) is 0 Å². The lowest BCUT2D eigenvalue weighted by atomic mass is 10.1. The van der Waals surface area contributed by atoms with E-state index in [2.05, 4.69) is 4.98 Å². The van der Waals surface area contributed by atoms with Gasteiger partial charge in [-0.1, -0.05) is 19.9 Å². The first-order chi connectivity index (χ1) is 9.93. The Balaban J connectivity index is 1.76. The van der Waals surface area contributed by atoms with Crippen LogP contribution in [0.25, 0.3) is 0 Å². The van der Waals surface area contributed by atoms with Gasteiger partial charge in [-0.2, -0.15) is 0 Å². The van der Waals surface area contributed by atoms with Gasteiger partial charge in [-0.05, 0) is 29.9 Å². The van der Waals surface area contributed by atoms with Crippen LogP contribution < -0.4 is 0 Å². The predicted octanol–water partition coefficient (Wildman–Crippen LogP) is 1.93. The van der Waals surface area contributed by atoms with Crippen molar-refractivity contribution in [3.63, 3.8) is 0 Å². The zero-order valence-electron chi connectivity index (χ0n) is 12.3. The maximum atomic E-state index is 12.8. The second kappa shape index (κ2) is 4.83. The maximum absolute atomic E-state index is 12.8. The van der Waals surface area contributed by atoms with Gasteiger partial charge in [0.15, 0.2) is 0 Å². The van der Waals surface area contributed by atoms with Gasteiger partial charge >= 0.3 is 5.97 Å². The highest BCUT2D eigenvalue weighted by molar-refractivity contribution is 5.92. The van der Waals surface area contributed by atoms with Crippen LogP contribution in [0.1, 0.15) is 32.3 Å². The van der Waals surface area contributed by atoms with Crippen LogP contribution in [0.3, 0.4) is 0 Å². The standard InChI is InChI=1S/C16H20N2O3/c1-16(2)12(13(16)15(20)21)14(19)18(11-5-6-11)9-10-4-3-7-17-8-10/h3-4,7-8,11-13H,5-6,9H2,1-2H3,(H,20,21)/t12-,13+/m1/s1. The van der Waals surface area contributed by atoms with Crippen molar-refractivity contribution in [1.29, 1.82) is 0 Å². The summed E-state index contributed by atoms with van der Waals surface area (Å²) in [7, 11) is 0. The van der Waals surface area contributed by atoms with Crippen molar-refractivity contribution in [2.24, 2.45) is 17.3 Å². The lowest BCUT2D eigenvalue weighted by Crippen LogP contribution is -2.35. The van der Waals surface area contributed by atoms with Gasteiger partial charge in [-0.25, -0.2) is 0 Å². The number of aliphatic carboxylic acids is 1. The zero-order chi connectivity index (χ0) is 15.2. The number of amides is 1. The van der Waals surface area contributed by atoms with Crippen LogP contribution in [-0.2, 0) is 16.1 Å². The lowest BCUT2D eigenvalue weighted by molar-refractivity contribution is -0.142. The van der Waals surface area contributed by atoms with E-state index in [9.17, 15) is 14.7 Å². The molecule has 3 rings (SSSR count). The highest BCUT2D eigenvalue weighted by atomic mass is 16.4. The first-order valence-corrected chi connectivity index (χ1v) is 7.35. The van der Waals surface area contributed by atoms with Crippen LogP contribution in [0.5, 0.6) is 0 Å². The molecule has 5 heteroatoms. The zero-order valence-corrected chi connectivity index (χ0v) is 12.3. The summed E-state index contributed by atoms with van der Waals surface area (Å²) in [6.45, 7) is 4.25. The van der Waals surface area contributed by atoms with E-state index in [-0.39, 0.29) is 11.9 Å². The Kier molecular flexibility index (Phi) is 3.23. The number of carbonyl (C=O) groups excluding carboxylic acids is 1. The Morgan fingerprint density at radius 2 is 2.10 bits per heavy atom. The number of carboxylic acid groups (broad SMARTS) is 1. The number of nitrogens with zero attached hydrogens (tertiary/aromatic N) is 2. The number of pyridine rings is 1. The fraction of sp³-hybridized carbons (Fsp3) is 0.562. The molecule has 1 aromatic rings. The summed E-state index contributed by atoms with van der Waals surface area (Å²) < 4.78 is 0. The number of carbonyl (C=O) groups is 2. The Hall–Kier alpha value is -1.91. The largest absolute Gasteiger partial charge is 0.481 e. The second-order valence-electron chi connectivity index (χ2n) is 6.67. The number of hydrogen-bond donors (Lipinski definition) is 1. The number of aromatic nitrogens is 1. The molecule has 0 radical (unpaired) electrons. The summed E-state index contributed by atoms with van der Waals surface area (Å²) in [5.41, 5.74) is 0.549. The molecule has 2 saturated carbocycles. The van der Waals surface area contributed by atoms with E-state index in [1.54, 1.807) is 12.4 Å². The van der Waals surface area contributed by atoms with Crippen LogP contribution in [0.4, 0.5) is 0 Å². The molecule has 5 nitrogen and oxygen atoms in total. The van der Waals surface area contributed by atoms with E-state index in [0.717, 1.165) is 18.4 Å². The summed E-state index contributed by atoms with van der Waals surface area (Å²) in [6, 6.07) is 4.07. The molecule has 0 spiro atoms. The van der Waals surface area contributed by atoms with Gasteiger partial charge in [-0.15, -0.1) is 0 Å². The Bertz CT molecular complexity index is 566. The van der Waals surface area contributed by atoms with E-state index < -0.39 is 23.2 Å². The van der Waals surface area contributed by atoms with Crippen LogP contribution in [0, 0.1) is 17.3 Å². The molecule has 2 atom stereocenters. The summed E-state index contributed by atoms with van der Waals surface area (Å²) >= 11 is 0. The van der Waals surface area contributed by atoms with Crippen molar-refractivity contribution in [2.75, 3.05) is 0 Å². The fourth-order valence-electron chi connectivity index (χ4n) is 3.20. The summed E-state index contributed by atoms with van der Waals surface area (Å²) in [5, 5.41) is 9.25. The minimum Gasteiger partial charge on any atom is -0.481 e. The Morgan fingerprint density at radius 3 is 2.57 bits per heavy atom. The molecule has 1 aromatic heterocycles. The molecule has 2 aliphatic carbocycles. The van der Waals surface area contributed by atoms with Crippen molar-refractivity contribution in [2.45, 2.75) is 39.3 Å². The fourth-order valence-corrected chi connectivity index (χ4v) is 3.20. The topological polar surface area (TPSA) is 70.5 Å². The number of hydrogen-bond acceptors (Lipinski definition) is 3. The van der Waals surface area contributed by atoms with Crippen LogP contribution in [-0.4, -0.2) is 32.9 Å². The molecule has 0 aromatic carbocycles. The molecule has 2 aliphatic rings. The molecule has 21 heavy (non-hydrogen) atoms. The second-order valence-corrected chi connectivity index (χ2v) is 6.67. The van der Waals surface area contributed by atoms with Gasteiger partial charge in [0.2, 0.25) is 5.91 Å². The molecule has 112 valence electrons. The average molecular weight is 288 g/mol. The van der Waals surface area contributed by atoms with Crippen molar-refractivity contribution in [3.05, 3.63) is 30.1 Å². The predicted molar refractivity (Wildman–Crippen MR) is 76.2 cm³/mol. The van der Waals surface area contributed by atoms with Gasteiger partial charge < -0.3 is 10.0 Å². The molecule has 2 fully saturated rings. The lowest BCUT2D eigenvalue weighted by Gasteiger charge is -2.23. The van der Waals surface area contributed by atoms with Gasteiger partial charge in [0.25, 0.3) is 0 Å². The van der Waals surface area contributed by atoms with Crippen molar-refractivity contribution >= 4 is 11.9 Å². The maximum Gasteiger partial charge on any atom is 0.307 e. The minimum atomic E-state index is -0.865. The quantitative estimate of drug-likeness (QED) is 0.898. The average Bonchev–Trinajstić information content (AvgIpc) is 3.32. The molecule has 0 saturated heterocycles. The first kappa shape index (κ1) is 14.0. The van der Waals surface area contributed by atoms with Gasteiger partial charge in [-0.3, -0.25) is 14.6 Å². The van der Waals surface area contributed by atoms with Crippen molar-refractivity contribution in [1.82, 2.24) is 9.88 Å². The van der Waals surface area contributed by atoms with Gasteiger partial charge in [0, 0.05) is 25.0 Å². The SMILES string of the molecule is CC1(C)[C@H](C(=O)O)[C@@H]1C(=O)N(Cc1cccnc1)C1CC1. The summed E-state index contributed by atoms with van der Waals surface area (Å²) in [5.74, 6) is -1.83. The number of carboxylic acids is 1. The van der Waals surface area contributed by atoms with Crippen LogP contribution in [0.15, 0.2) is 24.5 Å². The molecular weight excluding hydrogens is 268 g/mol. The van der Waals surface area contributed by atoms with E-state index >= 15 is 0 Å². The van der Waals surface area contributed by atoms with E-state index in [1.807, 2.05) is 30.9 Å².